The zero-order valence-electron chi connectivity index (χ0n) is 25.2. The summed E-state index contributed by atoms with van der Waals surface area (Å²) in [7, 11) is 7.77. The second kappa shape index (κ2) is 13.5. The van der Waals surface area contributed by atoms with Crippen LogP contribution in [-0.2, 0) is 0 Å². The molecular weight excluding hydrogens is 553 g/mol. The number of piperidine rings is 1. The van der Waals surface area contributed by atoms with Crippen LogP contribution in [0.3, 0.4) is 0 Å². The molecule has 226 valence electrons. The summed E-state index contributed by atoms with van der Waals surface area (Å²) in [6.07, 6.45) is 6.31. The summed E-state index contributed by atoms with van der Waals surface area (Å²) in [4.78, 5) is 14.1. The van der Waals surface area contributed by atoms with Crippen molar-refractivity contribution in [2.24, 2.45) is 4.99 Å². The highest BCUT2D eigenvalue weighted by atomic mass is 32.1. The van der Waals surface area contributed by atoms with Gasteiger partial charge in [-0.05, 0) is 56.4 Å². The van der Waals surface area contributed by atoms with Gasteiger partial charge in [-0.25, -0.2) is 14.4 Å². The Hall–Kier alpha value is -3.66. The minimum Gasteiger partial charge on any atom is -0.394 e. The molecule has 1 aromatic carbocycles. The van der Waals surface area contributed by atoms with Crippen LogP contribution in [0.4, 0.5) is 9.52 Å². The third kappa shape index (κ3) is 6.69. The standard InChI is InChI=1S/C30H42FN9OS/c1-7-24(27(33-3)37(4)29-35-26(25(19-32)42-29)21-9-11-22(31)12-10-21)38(5)39(6)28(34-8-2)40-17-13-23(14-18-40)36-30(20-41)15-16-30/h8-12,23,33,36,41H,2,7,13-18,20H2,1,3-6H3/b27-24+,34-28?. The van der Waals surface area contributed by atoms with Gasteiger partial charge in [0.2, 0.25) is 5.96 Å². The molecule has 3 N–H and O–H groups in total. The lowest BCUT2D eigenvalue weighted by Gasteiger charge is -2.42. The summed E-state index contributed by atoms with van der Waals surface area (Å²) >= 11 is 1.29. The molecule has 1 aliphatic carbocycles. The molecule has 12 heteroatoms. The molecule has 0 amide bonds. The van der Waals surface area contributed by atoms with Gasteiger partial charge in [0.05, 0.1) is 12.3 Å². The lowest BCUT2D eigenvalue weighted by molar-refractivity contribution is 0.114. The number of aliphatic imine (C=N–C) groups is 1. The fraction of sp³-hybridized carbons (Fsp3) is 0.500. The number of nitrogens with one attached hydrogen (secondary N) is 2. The van der Waals surface area contributed by atoms with Crippen molar-refractivity contribution in [3.8, 4) is 17.3 Å². The molecule has 0 atom stereocenters. The number of rotatable bonds is 11. The van der Waals surface area contributed by atoms with E-state index in [0.29, 0.717) is 33.7 Å². The van der Waals surface area contributed by atoms with E-state index in [2.05, 4.69) is 45.1 Å². The summed E-state index contributed by atoms with van der Waals surface area (Å²) in [5.41, 5.74) is 2.16. The Morgan fingerprint density at radius 2 is 1.93 bits per heavy atom. The number of benzene rings is 1. The van der Waals surface area contributed by atoms with Crippen molar-refractivity contribution in [1.29, 1.82) is 5.26 Å². The van der Waals surface area contributed by atoms with Gasteiger partial charge in [-0.15, -0.1) is 0 Å². The van der Waals surface area contributed by atoms with Crippen LogP contribution < -0.4 is 15.5 Å². The number of thiazole rings is 1. The number of nitrogens with zero attached hydrogens (tertiary/aromatic N) is 7. The highest BCUT2D eigenvalue weighted by Gasteiger charge is 2.43. The minimum atomic E-state index is -0.335. The predicted molar refractivity (Wildman–Crippen MR) is 167 cm³/mol. The van der Waals surface area contributed by atoms with Crippen LogP contribution in [0.15, 0.2) is 53.6 Å². The van der Waals surface area contributed by atoms with E-state index < -0.39 is 0 Å². The molecule has 2 aromatic rings. The second-order valence-corrected chi connectivity index (χ2v) is 11.7. The van der Waals surface area contributed by atoms with Gasteiger partial charge >= 0.3 is 0 Å². The molecule has 1 aliphatic heterocycles. The first-order valence-electron chi connectivity index (χ1n) is 14.3. The summed E-state index contributed by atoms with van der Waals surface area (Å²) in [5.74, 6) is 1.30. The first kappa shape index (κ1) is 31.3. The first-order chi connectivity index (χ1) is 20.2. The van der Waals surface area contributed by atoms with Crippen LogP contribution in [0.25, 0.3) is 11.3 Å². The van der Waals surface area contributed by atoms with Gasteiger partial charge in [0.1, 0.15) is 28.3 Å². The molecule has 2 heterocycles. The van der Waals surface area contributed by atoms with Crippen LogP contribution in [0, 0.1) is 17.1 Å². The number of hydrazine groups is 1. The van der Waals surface area contributed by atoms with Crippen molar-refractivity contribution in [2.45, 2.75) is 50.6 Å². The monoisotopic (exact) mass is 595 g/mol. The van der Waals surface area contributed by atoms with E-state index >= 15 is 0 Å². The Balaban J connectivity index is 1.55. The number of hydrogen-bond acceptors (Lipinski definition) is 9. The number of aliphatic hydroxyl groups is 1. The maximum atomic E-state index is 13.5. The Morgan fingerprint density at radius 3 is 2.45 bits per heavy atom. The molecule has 42 heavy (non-hydrogen) atoms. The molecule has 10 nitrogen and oxygen atoms in total. The van der Waals surface area contributed by atoms with Crippen LogP contribution in [-0.4, -0.2) is 90.4 Å². The normalized spacial score (nSPS) is 17.3. The van der Waals surface area contributed by atoms with Gasteiger partial charge in [0.25, 0.3) is 0 Å². The van der Waals surface area contributed by atoms with Crippen LogP contribution in [0.2, 0.25) is 0 Å². The maximum Gasteiger partial charge on any atom is 0.220 e. The van der Waals surface area contributed by atoms with E-state index in [4.69, 9.17) is 4.98 Å². The van der Waals surface area contributed by atoms with E-state index in [1.165, 1.54) is 23.5 Å². The average molecular weight is 596 g/mol. The molecule has 0 bridgehead atoms. The third-order valence-electron chi connectivity index (χ3n) is 8.08. The summed E-state index contributed by atoms with van der Waals surface area (Å²) in [6, 6.07) is 8.65. The number of likely N-dealkylation sites (tertiary alicyclic amines) is 1. The molecule has 1 saturated heterocycles. The molecular formula is C30H42FN9OS. The lowest BCUT2D eigenvalue weighted by atomic mass is 10.0. The topological polar surface area (TPSA) is 106 Å². The van der Waals surface area contributed by atoms with E-state index in [9.17, 15) is 14.8 Å². The van der Waals surface area contributed by atoms with E-state index in [1.54, 1.807) is 18.3 Å². The SMILES string of the molecule is C=CN=C(N1CCC(NC2(CO)CC2)CC1)N(C)N(C)/C(CC)=C(\NC)N(C)c1nc(-c2ccc(F)cc2)c(C#N)s1. The highest BCUT2D eigenvalue weighted by Crippen LogP contribution is 2.36. The number of aliphatic hydroxyl groups excluding tert-OH is 1. The Morgan fingerprint density at radius 1 is 1.26 bits per heavy atom. The smallest absolute Gasteiger partial charge is 0.220 e. The van der Waals surface area contributed by atoms with Gasteiger partial charge in [0, 0.05) is 64.6 Å². The summed E-state index contributed by atoms with van der Waals surface area (Å²) in [5, 5.41) is 31.3. The fourth-order valence-electron chi connectivity index (χ4n) is 5.40. The number of aromatic nitrogens is 1. The number of hydrogen-bond donors (Lipinski definition) is 3. The number of guanidine groups is 1. The third-order valence-corrected chi connectivity index (χ3v) is 9.12. The molecule has 4 rings (SSSR count). The zero-order valence-corrected chi connectivity index (χ0v) is 26.0. The largest absolute Gasteiger partial charge is 0.394 e. The van der Waals surface area contributed by atoms with Crippen LogP contribution in [0.5, 0.6) is 0 Å². The zero-order chi connectivity index (χ0) is 30.4. The Labute approximate surface area is 252 Å². The van der Waals surface area contributed by atoms with Crippen molar-refractivity contribution >= 4 is 22.4 Å². The first-order valence-corrected chi connectivity index (χ1v) is 15.1. The number of nitriles is 1. The number of allylic oxidation sites excluding steroid dienone is 1. The van der Waals surface area contributed by atoms with Crippen molar-refractivity contribution in [1.82, 2.24) is 30.5 Å². The summed E-state index contributed by atoms with van der Waals surface area (Å²) in [6.45, 7) is 7.84. The van der Waals surface area contributed by atoms with Crippen molar-refractivity contribution in [3.05, 3.63) is 59.3 Å². The van der Waals surface area contributed by atoms with Gasteiger partial charge in [0.15, 0.2) is 5.13 Å². The van der Waals surface area contributed by atoms with Crippen LogP contribution >= 0.6 is 11.3 Å². The molecule has 0 unspecified atom stereocenters. The quantitative estimate of drug-likeness (QED) is 0.203. The highest BCUT2D eigenvalue weighted by molar-refractivity contribution is 7.16. The molecule has 2 fully saturated rings. The molecule has 1 saturated carbocycles. The second-order valence-electron chi connectivity index (χ2n) is 10.8. The van der Waals surface area contributed by atoms with E-state index in [-0.39, 0.29) is 18.0 Å². The molecule has 2 aliphatic rings. The maximum absolute atomic E-state index is 13.5. The Kier molecular flexibility index (Phi) is 10.1. The number of halogens is 1. The Bertz CT molecular complexity index is 1340. The van der Waals surface area contributed by atoms with E-state index in [0.717, 1.165) is 56.3 Å². The lowest BCUT2D eigenvalue weighted by Crippen LogP contribution is -2.55. The van der Waals surface area contributed by atoms with Crippen LogP contribution in [0.1, 0.15) is 43.9 Å². The minimum absolute atomic E-state index is 0.0660. The van der Waals surface area contributed by atoms with E-state index in [1.807, 2.05) is 38.1 Å². The molecule has 0 radical (unpaired) electrons. The molecule has 0 spiro atoms. The van der Waals surface area contributed by atoms with Gasteiger partial charge < -0.3 is 25.5 Å². The van der Waals surface area contributed by atoms with Crippen molar-refractivity contribution in [3.63, 3.8) is 0 Å². The van der Waals surface area contributed by atoms with Crippen molar-refractivity contribution < 1.29 is 9.50 Å². The molecule has 1 aromatic heterocycles. The predicted octanol–water partition coefficient (Wildman–Crippen LogP) is 3.91. The average Bonchev–Trinajstić information content (AvgIpc) is 3.65. The van der Waals surface area contributed by atoms with Gasteiger partial charge in [-0.1, -0.05) is 24.8 Å². The number of anilines is 1. The summed E-state index contributed by atoms with van der Waals surface area (Å²) < 4.78 is 13.5. The van der Waals surface area contributed by atoms with Gasteiger partial charge in [-0.3, -0.25) is 10.0 Å². The fourth-order valence-corrected chi connectivity index (χ4v) is 6.26. The van der Waals surface area contributed by atoms with Crippen molar-refractivity contribution in [2.75, 3.05) is 52.8 Å². The van der Waals surface area contributed by atoms with Gasteiger partial charge in [-0.2, -0.15) is 5.26 Å².